The average molecular weight is 304 g/mol. The zero-order valence-corrected chi connectivity index (χ0v) is 14.3. The average Bonchev–Trinajstić information content (AvgIpc) is 2.47. The lowest BCUT2D eigenvalue weighted by molar-refractivity contribution is 0.707. The van der Waals surface area contributed by atoms with Gasteiger partial charge in [-0.3, -0.25) is 0 Å². The maximum absolute atomic E-state index is 4.17. The SMILES string of the molecule is C=C(C)c1cc(Nc2ccccc2)cc2c1NC(C)(C)C=C2C. The molecule has 3 rings (SSSR count). The van der Waals surface area contributed by atoms with Gasteiger partial charge in [0.25, 0.3) is 0 Å². The van der Waals surface area contributed by atoms with Crippen LogP contribution in [-0.4, -0.2) is 5.54 Å². The molecule has 2 heteroatoms. The van der Waals surface area contributed by atoms with Gasteiger partial charge in [-0.1, -0.05) is 30.9 Å². The molecule has 2 nitrogen and oxygen atoms in total. The topological polar surface area (TPSA) is 24.1 Å². The molecule has 1 aliphatic rings. The van der Waals surface area contributed by atoms with Crippen molar-refractivity contribution in [3.05, 3.63) is 66.2 Å². The van der Waals surface area contributed by atoms with Gasteiger partial charge in [0.2, 0.25) is 0 Å². The molecule has 2 N–H and O–H groups in total. The normalized spacial score (nSPS) is 15.2. The van der Waals surface area contributed by atoms with E-state index in [1.807, 2.05) is 18.2 Å². The van der Waals surface area contributed by atoms with E-state index in [-0.39, 0.29) is 5.54 Å². The fourth-order valence-electron chi connectivity index (χ4n) is 3.16. The summed E-state index contributed by atoms with van der Waals surface area (Å²) in [7, 11) is 0. The Labute approximate surface area is 138 Å². The van der Waals surface area contributed by atoms with Crippen LogP contribution in [0.25, 0.3) is 11.1 Å². The first-order chi connectivity index (χ1) is 10.9. The van der Waals surface area contributed by atoms with E-state index < -0.39 is 0 Å². The molecule has 1 aliphatic heterocycles. The van der Waals surface area contributed by atoms with Gasteiger partial charge >= 0.3 is 0 Å². The third-order valence-corrected chi connectivity index (χ3v) is 4.11. The highest BCUT2D eigenvalue weighted by Crippen LogP contribution is 2.40. The fourth-order valence-corrected chi connectivity index (χ4v) is 3.16. The monoisotopic (exact) mass is 304 g/mol. The Balaban J connectivity index is 2.10. The number of fused-ring (bicyclic) bond motifs is 1. The molecule has 0 amide bonds. The van der Waals surface area contributed by atoms with Crippen LogP contribution in [0.4, 0.5) is 17.1 Å². The number of anilines is 3. The van der Waals surface area contributed by atoms with Crippen molar-refractivity contribution in [2.45, 2.75) is 33.2 Å². The molecule has 118 valence electrons. The number of benzene rings is 2. The van der Waals surface area contributed by atoms with Gasteiger partial charge in [0.15, 0.2) is 0 Å². The van der Waals surface area contributed by atoms with Gasteiger partial charge in [0.1, 0.15) is 0 Å². The highest BCUT2D eigenvalue weighted by atomic mass is 15.0. The van der Waals surface area contributed by atoms with Crippen molar-refractivity contribution in [2.24, 2.45) is 0 Å². The molecule has 0 fully saturated rings. The Morgan fingerprint density at radius 2 is 1.78 bits per heavy atom. The van der Waals surface area contributed by atoms with Gasteiger partial charge in [-0.25, -0.2) is 0 Å². The van der Waals surface area contributed by atoms with Gasteiger partial charge in [-0.2, -0.15) is 0 Å². The van der Waals surface area contributed by atoms with E-state index in [1.165, 1.54) is 22.4 Å². The van der Waals surface area contributed by atoms with E-state index in [0.29, 0.717) is 0 Å². The Morgan fingerprint density at radius 3 is 2.43 bits per heavy atom. The van der Waals surface area contributed by atoms with E-state index >= 15 is 0 Å². The van der Waals surface area contributed by atoms with Crippen molar-refractivity contribution in [1.29, 1.82) is 0 Å². The maximum atomic E-state index is 4.17. The standard InChI is InChI=1S/C21H24N2/c1-14(2)18-11-17(22-16-9-7-6-8-10-16)12-19-15(3)13-21(4,5)23-20(18)19/h6-13,22-23H,1H2,2-5H3. The Kier molecular flexibility index (Phi) is 3.77. The van der Waals surface area contributed by atoms with Crippen molar-refractivity contribution < 1.29 is 0 Å². The van der Waals surface area contributed by atoms with E-state index in [9.17, 15) is 0 Å². The molecule has 0 aromatic heterocycles. The summed E-state index contributed by atoms with van der Waals surface area (Å²) in [5, 5.41) is 7.14. The lowest BCUT2D eigenvalue weighted by Gasteiger charge is -2.33. The summed E-state index contributed by atoms with van der Waals surface area (Å²) in [6.45, 7) is 12.8. The smallest absolute Gasteiger partial charge is 0.0506 e. The van der Waals surface area contributed by atoms with E-state index in [0.717, 1.165) is 16.9 Å². The van der Waals surface area contributed by atoms with Gasteiger partial charge in [0, 0.05) is 22.5 Å². The number of para-hydroxylation sites is 1. The first kappa shape index (κ1) is 15.4. The molecule has 1 heterocycles. The summed E-state index contributed by atoms with van der Waals surface area (Å²) < 4.78 is 0. The van der Waals surface area contributed by atoms with Crippen LogP contribution in [0.5, 0.6) is 0 Å². The molecule has 0 spiro atoms. The molecule has 2 aromatic rings. The van der Waals surface area contributed by atoms with Crippen LogP contribution in [0.1, 0.15) is 38.8 Å². The summed E-state index contributed by atoms with van der Waals surface area (Å²) >= 11 is 0. The Morgan fingerprint density at radius 1 is 1.09 bits per heavy atom. The number of allylic oxidation sites excluding steroid dienone is 2. The summed E-state index contributed by atoms with van der Waals surface area (Å²) in [4.78, 5) is 0. The van der Waals surface area contributed by atoms with E-state index in [4.69, 9.17) is 0 Å². The first-order valence-electron chi connectivity index (χ1n) is 8.00. The minimum atomic E-state index is -0.0460. The predicted octanol–water partition coefficient (Wildman–Crippen LogP) is 6.07. The van der Waals surface area contributed by atoms with Crippen molar-refractivity contribution in [1.82, 2.24) is 0 Å². The fraction of sp³-hybridized carbons (Fsp3) is 0.238. The van der Waals surface area contributed by atoms with Crippen LogP contribution >= 0.6 is 0 Å². The molecule has 0 radical (unpaired) electrons. The maximum Gasteiger partial charge on any atom is 0.0506 e. The molecule has 23 heavy (non-hydrogen) atoms. The number of rotatable bonds is 3. The number of nitrogens with one attached hydrogen (secondary N) is 2. The van der Waals surface area contributed by atoms with Crippen LogP contribution in [0.2, 0.25) is 0 Å². The second-order valence-corrected chi connectivity index (χ2v) is 6.89. The number of hydrogen-bond acceptors (Lipinski definition) is 2. The van der Waals surface area contributed by atoms with E-state index in [2.05, 4.69) is 75.2 Å². The van der Waals surface area contributed by atoms with Gasteiger partial charge in [-0.05, 0) is 63.1 Å². The largest absolute Gasteiger partial charge is 0.376 e. The van der Waals surface area contributed by atoms with Crippen LogP contribution < -0.4 is 10.6 Å². The minimum Gasteiger partial charge on any atom is -0.376 e. The van der Waals surface area contributed by atoms with Crippen LogP contribution in [0.3, 0.4) is 0 Å². The first-order valence-corrected chi connectivity index (χ1v) is 8.00. The van der Waals surface area contributed by atoms with Crippen molar-refractivity contribution in [2.75, 3.05) is 10.6 Å². The van der Waals surface area contributed by atoms with Gasteiger partial charge in [-0.15, -0.1) is 0 Å². The molecule has 2 aromatic carbocycles. The summed E-state index contributed by atoms with van der Waals surface area (Å²) in [5.74, 6) is 0. The Bertz CT molecular complexity index is 783. The van der Waals surface area contributed by atoms with E-state index in [1.54, 1.807) is 0 Å². The quantitative estimate of drug-likeness (QED) is 0.719. The summed E-state index contributed by atoms with van der Waals surface area (Å²) in [6.07, 6.45) is 2.28. The lowest BCUT2D eigenvalue weighted by atomic mass is 9.87. The highest BCUT2D eigenvalue weighted by Gasteiger charge is 2.25. The van der Waals surface area contributed by atoms with Crippen LogP contribution in [0, 0.1) is 0 Å². The molecule has 0 bridgehead atoms. The summed E-state index contributed by atoms with van der Waals surface area (Å²) in [5.41, 5.74) is 8.08. The van der Waals surface area contributed by atoms with Crippen LogP contribution in [0.15, 0.2) is 55.1 Å². The van der Waals surface area contributed by atoms with Gasteiger partial charge in [0.05, 0.1) is 11.2 Å². The second-order valence-electron chi connectivity index (χ2n) is 6.89. The minimum absolute atomic E-state index is 0.0460. The van der Waals surface area contributed by atoms with Crippen molar-refractivity contribution >= 4 is 28.2 Å². The lowest BCUT2D eigenvalue weighted by Crippen LogP contribution is -2.32. The highest BCUT2D eigenvalue weighted by molar-refractivity contribution is 5.90. The summed E-state index contributed by atoms with van der Waals surface area (Å²) in [6, 6.07) is 14.6. The third kappa shape index (κ3) is 3.16. The van der Waals surface area contributed by atoms with Crippen molar-refractivity contribution in [3.8, 4) is 0 Å². The molecular weight excluding hydrogens is 280 g/mol. The Hall–Kier alpha value is -2.48. The van der Waals surface area contributed by atoms with Crippen molar-refractivity contribution in [3.63, 3.8) is 0 Å². The molecule has 0 saturated heterocycles. The zero-order valence-electron chi connectivity index (χ0n) is 14.3. The number of hydrogen-bond donors (Lipinski definition) is 2. The molecule has 0 saturated carbocycles. The predicted molar refractivity (Wildman–Crippen MR) is 102 cm³/mol. The molecule has 0 aliphatic carbocycles. The zero-order chi connectivity index (χ0) is 16.6. The van der Waals surface area contributed by atoms with Gasteiger partial charge < -0.3 is 10.6 Å². The molecular formula is C21H24N2. The van der Waals surface area contributed by atoms with Crippen LogP contribution in [-0.2, 0) is 0 Å². The third-order valence-electron chi connectivity index (χ3n) is 4.11. The second kappa shape index (κ2) is 5.62. The molecule has 0 atom stereocenters. The molecule has 0 unspecified atom stereocenters.